The Morgan fingerprint density at radius 1 is 1.29 bits per heavy atom. The molecule has 3 heterocycles. The molecule has 6 heteroatoms. The summed E-state index contributed by atoms with van der Waals surface area (Å²) in [5, 5.41) is 9.51. The predicted octanol–water partition coefficient (Wildman–Crippen LogP) is 5.19. The standard InChI is InChI=1S/C28H33N5O/c1-7-8-22(16-29)14-25(19(2)3)23-15-24-18-33(12-10-26(24)31-17-23)21(5)20(4)13-27-30-11-9-28(34)32(27)6/h9,11,13-15,17H,5,7-8,10,12,18H2,1-4,6H3/b20-13-,22-14+. The summed E-state index contributed by atoms with van der Waals surface area (Å²) in [6.45, 7) is 14.1. The number of nitrogens with zero attached hydrogens (tertiary/aromatic N) is 5. The van der Waals surface area contributed by atoms with Crippen LogP contribution in [0.3, 0.4) is 0 Å². The number of fused-ring (bicyclic) bond motifs is 1. The molecule has 1 aliphatic rings. The molecule has 0 aliphatic carbocycles. The lowest BCUT2D eigenvalue weighted by molar-refractivity contribution is 0.326. The number of allylic oxidation sites excluding steroid dienone is 5. The van der Waals surface area contributed by atoms with E-state index in [1.165, 1.54) is 22.4 Å². The third kappa shape index (κ3) is 5.60. The van der Waals surface area contributed by atoms with Crippen LogP contribution < -0.4 is 5.56 Å². The third-order valence-electron chi connectivity index (χ3n) is 6.15. The molecule has 1 aliphatic heterocycles. The van der Waals surface area contributed by atoms with Crippen molar-refractivity contribution in [2.45, 2.75) is 53.5 Å². The van der Waals surface area contributed by atoms with Gasteiger partial charge in [-0.2, -0.15) is 5.26 Å². The maximum absolute atomic E-state index is 11.9. The molecule has 0 amide bonds. The largest absolute Gasteiger partial charge is 0.367 e. The molecule has 0 aromatic carbocycles. The second-order valence-electron chi connectivity index (χ2n) is 8.92. The summed E-state index contributed by atoms with van der Waals surface area (Å²) in [7, 11) is 1.72. The SMILES string of the molecule is C=C(/C(C)=C\c1nccc(=O)n1C)N1CCc2ncc(C(/C=C(/C#N)CCC)=C(C)C)cc2C1. The molecule has 2 aromatic rings. The zero-order chi connectivity index (χ0) is 24.8. The van der Waals surface area contributed by atoms with E-state index in [-0.39, 0.29) is 5.56 Å². The van der Waals surface area contributed by atoms with Gasteiger partial charge in [-0.05, 0) is 62.1 Å². The van der Waals surface area contributed by atoms with Crippen molar-refractivity contribution in [2.24, 2.45) is 7.05 Å². The summed E-state index contributed by atoms with van der Waals surface area (Å²) in [6.07, 6.45) is 9.91. The molecule has 176 valence electrons. The van der Waals surface area contributed by atoms with Crippen LogP contribution in [0.5, 0.6) is 0 Å². The lowest BCUT2D eigenvalue weighted by Gasteiger charge is -2.32. The quantitative estimate of drug-likeness (QED) is 0.424. The lowest BCUT2D eigenvalue weighted by Crippen LogP contribution is -2.30. The smallest absolute Gasteiger partial charge is 0.253 e. The fourth-order valence-corrected chi connectivity index (χ4v) is 4.07. The number of pyridine rings is 1. The van der Waals surface area contributed by atoms with Crippen molar-refractivity contribution < 1.29 is 0 Å². The Bertz CT molecular complexity index is 1280. The van der Waals surface area contributed by atoms with Gasteiger partial charge in [0.05, 0.1) is 6.07 Å². The van der Waals surface area contributed by atoms with Crippen LogP contribution in [0, 0.1) is 11.3 Å². The first-order valence-corrected chi connectivity index (χ1v) is 11.7. The van der Waals surface area contributed by atoms with E-state index in [4.69, 9.17) is 4.98 Å². The van der Waals surface area contributed by atoms with E-state index in [2.05, 4.69) is 49.4 Å². The minimum Gasteiger partial charge on any atom is -0.367 e. The average molecular weight is 456 g/mol. The fraction of sp³-hybridized carbons (Fsp3) is 0.357. The van der Waals surface area contributed by atoms with E-state index < -0.39 is 0 Å². The topological polar surface area (TPSA) is 74.8 Å². The molecule has 6 nitrogen and oxygen atoms in total. The maximum atomic E-state index is 11.9. The van der Waals surface area contributed by atoms with Gasteiger partial charge in [0.15, 0.2) is 0 Å². The van der Waals surface area contributed by atoms with Crippen molar-refractivity contribution in [3.63, 3.8) is 0 Å². The number of hydrogen-bond donors (Lipinski definition) is 0. The molecule has 0 unspecified atom stereocenters. The highest BCUT2D eigenvalue weighted by Crippen LogP contribution is 2.28. The van der Waals surface area contributed by atoms with Gasteiger partial charge in [-0.15, -0.1) is 0 Å². The Morgan fingerprint density at radius 3 is 2.74 bits per heavy atom. The van der Waals surface area contributed by atoms with Gasteiger partial charge in [-0.1, -0.05) is 25.5 Å². The Hall–Kier alpha value is -3.72. The van der Waals surface area contributed by atoms with Crippen molar-refractivity contribution in [2.75, 3.05) is 6.54 Å². The van der Waals surface area contributed by atoms with Gasteiger partial charge in [-0.3, -0.25) is 14.3 Å². The molecular weight excluding hydrogens is 422 g/mol. The average Bonchev–Trinajstić information content (AvgIpc) is 2.83. The van der Waals surface area contributed by atoms with E-state index in [1.807, 2.05) is 25.3 Å². The number of nitriles is 1. The monoisotopic (exact) mass is 455 g/mol. The molecule has 0 saturated heterocycles. The molecule has 0 spiro atoms. The van der Waals surface area contributed by atoms with Crippen molar-refractivity contribution in [1.82, 2.24) is 19.4 Å². The molecule has 0 bridgehead atoms. The molecule has 0 N–H and O–H groups in total. The van der Waals surface area contributed by atoms with E-state index in [9.17, 15) is 10.1 Å². The van der Waals surface area contributed by atoms with Crippen LogP contribution in [-0.4, -0.2) is 26.0 Å². The van der Waals surface area contributed by atoms with Crippen LogP contribution in [0.1, 0.15) is 63.2 Å². The second kappa shape index (κ2) is 10.9. The molecule has 2 aromatic heterocycles. The van der Waals surface area contributed by atoms with Crippen molar-refractivity contribution in [1.29, 1.82) is 5.26 Å². The maximum Gasteiger partial charge on any atom is 0.253 e. The molecular formula is C28H33N5O. The van der Waals surface area contributed by atoms with Crippen molar-refractivity contribution in [3.8, 4) is 6.07 Å². The molecule has 34 heavy (non-hydrogen) atoms. The second-order valence-corrected chi connectivity index (χ2v) is 8.92. The summed E-state index contributed by atoms with van der Waals surface area (Å²) >= 11 is 0. The first kappa shape index (κ1) is 24.9. The summed E-state index contributed by atoms with van der Waals surface area (Å²) in [4.78, 5) is 23.2. The van der Waals surface area contributed by atoms with Gasteiger partial charge in [-0.25, -0.2) is 4.98 Å². The van der Waals surface area contributed by atoms with Crippen LogP contribution in [0.25, 0.3) is 11.6 Å². The first-order valence-electron chi connectivity index (χ1n) is 11.7. The number of hydrogen-bond acceptors (Lipinski definition) is 5. The Kier molecular flexibility index (Phi) is 8.01. The highest BCUT2D eigenvalue weighted by Gasteiger charge is 2.20. The van der Waals surface area contributed by atoms with Crippen LogP contribution >= 0.6 is 0 Å². The molecule has 0 fully saturated rings. The fourth-order valence-electron chi connectivity index (χ4n) is 4.07. The van der Waals surface area contributed by atoms with E-state index in [0.717, 1.165) is 65.1 Å². The minimum atomic E-state index is -0.0900. The predicted molar refractivity (Wildman–Crippen MR) is 137 cm³/mol. The van der Waals surface area contributed by atoms with Crippen LogP contribution in [0.4, 0.5) is 0 Å². The normalized spacial score (nSPS) is 13.8. The Labute approximate surface area is 202 Å². The van der Waals surface area contributed by atoms with Crippen molar-refractivity contribution >= 4 is 11.6 Å². The van der Waals surface area contributed by atoms with Crippen LogP contribution in [-0.2, 0) is 20.0 Å². The highest BCUT2D eigenvalue weighted by molar-refractivity contribution is 5.77. The Balaban J connectivity index is 1.88. The summed E-state index contributed by atoms with van der Waals surface area (Å²) in [6, 6.07) is 5.98. The van der Waals surface area contributed by atoms with Gasteiger partial charge < -0.3 is 4.90 Å². The van der Waals surface area contributed by atoms with Crippen LogP contribution in [0.2, 0.25) is 0 Å². The third-order valence-corrected chi connectivity index (χ3v) is 6.15. The van der Waals surface area contributed by atoms with Crippen LogP contribution in [0.15, 0.2) is 64.4 Å². The Morgan fingerprint density at radius 2 is 2.06 bits per heavy atom. The lowest BCUT2D eigenvalue weighted by atomic mass is 9.95. The van der Waals surface area contributed by atoms with E-state index in [0.29, 0.717) is 12.4 Å². The van der Waals surface area contributed by atoms with Gasteiger partial charge in [0.25, 0.3) is 5.56 Å². The van der Waals surface area contributed by atoms with E-state index in [1.54, 1.807) is 7.05 Å². The number of rotatable bonds is 7. The van der Waals surface area contributed by atoms with Crippen molar-refractivity contribution in [3.05, 3.63) is 92.6 Å². The summed E-state index contributed by atoms with van der Waals surface area (Å²) < 4.78 is 1.53. The van der Waals surface area contributed by atoms with Gasteiger partial charge in [0, 0.05) is 67.5 Å². The molecule has 0 atom stereocenters. The molecule has 0 radical (unpaired) electrons. The zero-order valence-corrected chi connectivity index (χ0v) is 20.9. The summed E-state index contributed by atoms with van der Waals surface area (Å²) in [5.74, 6) is 0.605. The number of aromatic nitrogens is 3. The molecule has 3 rings (SSSR count). The minimum absolute atomic E-state index is 0.0900. The zero-order valence-electron chi connectivity index (χ0n) is 20.9. The highest BCUT2D eigenvalue weighted by atomic mass is 16.1. The van der Waals surface area contributed by atoms with Gasteiger partial charge in [0.2, 0.25) is 0 Å². The van der Waals surface area contributed by atoms with E-state index >= 15 is 0 Å². The first-order chi connectivity index (χ1) is 16.2. The van der Waals surface area contributed by atoms with Gasteiger partial charge in [0.1, 0.15) is 5.82 Å². The molecule has 0 saturated carbocycles. The summed E-state index contributed by atoms with van der Waals surface area (Å²) in [5.41, 5.74) is 8.09. The van der Waals surface area contributed by atoms with Gasteiger partial charge >= 0.3 is 0 Å².